The van der Waals surface area contributed by atoms with Crippen LogP contribution in [0.25, 0.3) is 0 Å². The van der Waals surface area contributed by atoms with Crippen molar-refractivity contribution >= 4 is 17.5 Å². The SMILES string of the molecule is Cc1ccc(N2CCN(C(=O)[C@H]3CC(=O)N(CCc4ccccc4)C3)CC2)cc1. The zero-order valence-corrected chi connectivity index (χ0v) is 17.1. The molecule has 2 aliphatic heterocycles. The third-order valence-corrected chi connectivity index (χ3v) is 6.07. The highest BCUT2D eigenvalue weighted by Crippen LogP contribution is 2.23. The van der Waals surface area contributed by atoms with Crippen molar-refractivity contribution in [1.82, 2.24) is 9.80 Å². The molecule has 2 aromatic rings. The van der Waals surface area contributed by atoms with Crippen LogP contribution in [0.2, 0.25) is 0 Å². The lowest BCUT2D eigenvalue weighted by Crippen LogP contribution is -2.50. The predicted molar refractivity (Wildman–Crippen MR) is 115 cm³/mol. The van der Waals surface area contributed by atoms with Crippen LogP contribution in [0.15, 0.2) is 54.6 Å². The lowest BCUT2D eigenvalue weighted by atomic mass is 10.1. The number of amides is 2. The van der Waals surface area contributed by atoms with Gasteiger partial charge in [-0.1, -0.05) is 48.0 Å². The smallest absolute Gasteiger partial charge is 0.228 e. The summed E-state index contributed by atoms with van der Waals surface area (Å²) >= 11 is 0. The molecule has 5 nitrogen and oxygen atoms in total. The molecule has 2 aromatic carbocycles. The van der Waals surface area contributed by atoms with Gasteiger partial charge in [-0.05, 0) is 31.0 Å². The van der Waals surface area contributed by atoms with E-state index in [-0.39, 0.29) is 17.7 Å². The molecule has 29 heavy (non-hydrogen) atoms. The summed E-state index contributed by atoms with van der Waals surface area (Å²) in [6.45, 7) is 6.46. The van der Waals surface area contributed by atoms with Crippen LogP contribution in [0.5, 0.6) is 0 Å². The first kappa shape index (κ1) is 19.5. The lowest BCUT2D eigenvalue weighted by Gasteiger charge is -2.37. The van der Waals surface area contributed by atoms with Gasteiger partial charge in [-0.15, -0.1) is 0 Å². The van der Waals surface area contributed by atoms with E-state index in [1.807, 2.05) is 28.0 Å². The first-order valence-corrected chi connectivity index (χ1v) is 10.5. The van der Waals surface area contributed by atoms with Crippen LogP contribution in [0.1, 0.15) is 17.5 Å². The Bertz CT molecular complexity index is 842. The van der Waals surface area contributed by atoms with E-state index < -0.39 is 0 Å². The topological polar surface area (TPSA) is 43.9 Å². The largest absolute Gasteiger partial charge is 0.368 e. The molecule has 152 valence electrons. The first-order chi connectivity index (χ1) is 14.1. The molecule has 0 radical (unpaired) electrons. The number of nitrogens with zero attached hydrogens (tertiary/aromatic N) is 3. The molecular formula is C24H29N3O2. The van der Waals surface area contributed by atoms with Crippen LogP contribution in [0.3, 0.4) is 0 Å². The molecular weight excluding hydrogens is 362 g/mol. The highest BCUT2D eigenvalue weighted by atomic mass is 16.2. The number of benzene rings is 2. The van der Waals surface area contributed by atoms with Gasteiger partial charge >= 0.3 is 0 Å². The molecule has 0 unspecified atom stereocenters. The van der Waals surface area contributed by atoms with Crippen molar-refractivity contribution in [3.63, 3.8) is 0 Å². The second kappa shape index (κ2) is 8.68. The van der Waals surface area contributed by atoms with E-state index in [4.69, 9.17) is 0 Å². The molecule has 4 rings (SSSR count). The minimum absolute atomic E-state index is 0.109. The van der Waals surface area contributed by atoms with Crippen LogP contribution < -0.4 is 4.90 Å². The van der Waals surface area contributed by atoms with E-state index in [1.165, 1.54) is 16.8 Å². The summed E-state index contributed by atoms with van der Waals surface area (Å²) in [7, 11) is 0. The molecule has 2 saturated heterocycles. The summed E-state index contributed by atoms with van der Waals surface area (Å²) in [4.78, 5) is 31.5. The molecule has 2 aliphatic rings. The molecule has 2 fully saturated rings. The Hall–Kier alpha value is -2.82. The second-order valence-corrected chi connectivity index (χ2v) is 8.12. The van der Waals surface area contributed by atoms with Gasteiger partial charge in [-0.3, -0.25) is 9.59 Å². The highest BCUT2D eigenvalue weighted by molar-refractivity contribution is 5.89. The Morgan fingerprint density at radius 2 is 1.66 bits per heavy atom. The number of anilines is 1. The lowest BCUT2D eigenvalue weighted by molar-refractivity contribution is -0.136. The van der Waals surface area contributed by atoms with Crippen LogP contribution in [0.4, 0.5) is 5.69 Å². The van der Waals surface area contributed by atoms with Gasteiger partial charge in [0.25, 0.3) is 0 Å². The van der Waals surface area contributed by atoms with Gasteiger partial charge < -0.3 is 14.7 Å². The molecule has 0 aromatic heterocycles. The summed E-state index contributed by atoms with van der Waals surface area (Å²) in [5.41, 5.74) is 3.69. The van der Waals surface area contributed by atoms with Gasteiger partial charge in [-0.2, -0.15) is 0 Å². The van der Waals surface area contributed by atoms with Gasteiger partial charge in [0.15, 0.2) is 0 Å². The number of rotatable bonds is 5. The fourth-order valence-corrected chi connectivity index (χ4v) is 4.26. The number of hydrogen-bond donors (Lipinski definition) is 0. The molecule has 2 amide bonds. The zero-order valence-electron chi connectivity index (χ0n) is 17.1. The average molecular weight is 392 g/mol. The van der Waals surface area contributed by atoms with Crippen molar-refractivity contribution < 1.29 is 9.59 Å². The Morgan fingerprint density at radius 1 is 0.966 bits per heavy atom. The van der Waals surface area contributed by atoms with Gasteiger partial charge in [0.1, 0.15) is 0 Å². The van der Waals surface area contributed by atoms with Crippen molar-refractivity contribution in [2.75, 3.05) is 44.2 Å². The number of likely N-dealkylation sites (tertiary alicyclic amines) is 1. The molecule has 0 saturated carbocycles. The standard InChI is InChI=1S/C24H29N3O2/c1-19-7-9-22(10-8-19)25-13-15-26(16-14-25)24(29)21-17-23(28)27(18-21)12-11-20-5-3-2-4-6-20/h2-10,21H,11-18H2,1H3/t21-/m0/s1. The van der Waals surface area contributed by atoms with Crippen molar-refractivity contribution in [1.29, 1.82) is 0 Å². The molecule has 5 heteroatoms. The summed E-state index contributed by atoms with van der Waals surface area (Å²) in [6, 6.07) is 18.7. The predicted octanol–water partition coefficient (Wildman–Crippen LogP) is 2.73. The van der Waals surface area contributed by atoms with Crippen molar-refractivity contribution in [2.45, 2.75) is 19.8 Å². The zero-order chi connectivity index (χ0) is 20.2. The Balaban J connectivity index is 1.28. The molecule has 0 bridgehead atoms. The minimum atomic E-state index is -0.191. The number of carbonyl (C=O) groups excluding carboxylic acids is 2. The summed E-state index contributed by atoms with van der Waals surface area (Å²) in [6.07, 6.45) is 1.19. The average Bonchev–Trinajstić information content (AvgIpc) is 3.14. The van der Waals surface area contributed by atoms with E-state index in [1.54, 1.807) is 0 Å². The number of hydrogen-bond acceptors (Lipinski definition) is 3. The highest BCUT2D eigenvalue weighted by Gasteiger charge is 2.37. The fraction of sp³-hybridized carbons (Fsp3) is 0.417. The summed E-state index contributed by atoms with van der Waals surface area (Å²) in [5, 5.41) is 0. The third-order valence-electron chi connectivity index (χ3n) is 6.07. The van der Waals surface area contributed by atoms with Crippen molar-refractivity contribution in [3.8, 4) is 0 Å². The van der Waals surface area contributed by atoms with Gasteiger partial charge in [-0.25, -0.2) is 0 Å². The van der Waals surface area contributed by atoms with E-state index >= 15 is 0 Å². The van der Waals surface area contributed by atoms with E-state index in [9.17, 15) is 9.59 Å². The molecule has 0 aliphatic carbocycles. The quantitative estimate of drug-likeness (QED) is 0.787. The Morgan fingerprint density at radius 3 is 2.34 bits per heavy atom. The summed E-state index contributed by atoms with van der Waals surface area (Å²) < 4.78 is 0. The maximum atomic E-state index is 13.0. The van der Waals surface area contributed by atoms with Crippen LogP contribution in [-0.2, 0) is 16.0 Å². The number of aryl methyl sites for hydroxylation is 1. The number of piperazine rings is 1. The van der Waals surface area contributed by atoms with Gasteiger partial charge in [0.05, 0.1) is 5.92 Å². The van der Waals surface area contributed by atoms with E-state index in [0.717, 1.165) is 32.6 Å². The van der Waals surface area contributed by atoms with Crippen LogP contribution in [0, 0.1) is 12.8 Å². The normalized spacial score (nSPS) is 19.7. The number of carbonyl (C=O) groups is 2. The third kappa shape index (κ3) is 4.61. The van der Waals surface area contributed by atoms with E-state index in [2.05, 4.69) is 48.2 Å². The maximum absolute atomic E-state index is 13.0. The van der Waals surface area contributed by atoms with Crippen molar-refractivity contribution in [3.05, 3.63) is 65.7 Å². The monoisotopic (exact) mass is 391 g/mol. The molecule has 0 N–H and O–H groups in total. The van der Waals surface area contributed by atoms with Crippen LogP contribution >= 0.6 is 0 Å². The summed E-state index contributed by atoms with van der Waals surface area (Å²) in [5.74, 6) is 0.0610. The van der Waals surface area contributed by atoms with Gasteiger partial charge in [0.2, 0.25) is 11.8 Å². The van der Waals surface area contributed by atoms with Gasteiger partial charge in [0, 0.05) is 51.4 Å². The molecule has 1 atom stereocenters. The fourth-order valence-electron chi connectivity index (χ4n) is 4.26. The minimum Gasteiger partial charge on any atom is -0.368 e. The van der Waals surface area contributed by atoms with Crippen molar-refractivity contribution in [2.24, 2.45) is 5.92 Å². The Labute approximate surface area is 172 Å². The van der Waals surface area contributed by atoms with Crippen LogP contribution in [-0.4, -0.2) is 60.9 Å². The first-order valence-electron chi connectivity index (χ1n) is 10.5. The maximum Gasteiger partial charge on any atom is 0.228 e. The molecule has 2 heterocycles. The second-order valence-electron chi connectivity index (χ2n) is 8.12. The molecule has 0 spiro atoms. The van der Waals surface area contributed by atoms with E-state index in [0.29, 0.717) is 19.5 Å². The Kier molecular flexibility index (Phi) is 5.84.